The molecule has 9 heteroatoms. The first kappa shape index (κ1) is 20.5. The number of carboxylic acid groups (broad SMARTS) is 1. The second-order valence-electron chi connectivity index (χ2n) is 9.02. The van der Waals surface area contributed by atoms with E-state index in [9.17, 15) is 14.4 Å². The average Bonchev–Trinajstić information content (AvgIpc) is 3.20. The van der Waals surface area contributed by atoms with Crippen molar-refractivity contribution in [1.82, 2.24) is 15.1 Å². The van der Waals surface area contributed by atoms with E-state index in [0.717, 1.165) is 22.3 Å². The van der Waals surface area contributed by atoms with Crippen LogP contribution in [0.1, 0.15) is 27.5 Å². The third kappa shape index (κ3) is 3.32. The number of likely N-dealkylation sites (tertiary alicyclic amines) is 1. The molecule has 2 fully saturated rings. The summed E-state index contributed by atoms with van der Waals surface area (Å²) in [4.78, 5) is 37.9. The number of H-pyrrole nitrogens is 1. The number of hydrogen-bond acceptors (Lipinski definition) is 5. The number of rotatable bonds is 5. The monoisotopic (exact) mass is 458 g/mol. The number of benzene rings is 2. The van der Waals surface area contributed by atoms with Crippen molar-refractivity contribution in [2.75, 3.05) is 25.0 Å². The van der Waals surface area contributed by atoms with Crippen LogP contribution >= 0.6 is 0 Å². The number of piperidine rings is 1. The average molecular weight is 458 g/mol. The minimum atomic E-state index is -0.793. The van der Waals surface area contributed by atoms with Gasteiger partial charge >= 0.3 is 12.1 Å². The number of aromatic nitrogens is 2. The van der Waals surface area contributed by atoms with E-state index in [1.54, 1.807) is 4.90 Å². The van der Waals surface area contributed by atoms with Crippen LogP contribution in [0.15, 0.2) is 54.6 Å². The van der Waals surface area contributed by atoms with Gasteiger partial charge in [-0.05, 0) is 34.1 Å². The van der Waals surface area contributed by atoms with Crippen LogP contribution in [-0.2, 0) is 9.53 Å². The summed E-state index contributed by atoms with van der Waals surface area (Å²) in [6, 6.07) is 17.7. The van der Waals surface area contributed by atoms with Gasteiger partial charge in [-0.25, -0.2) is 4.79 Å². The molecular weight excluding hydrogens is 436 g/mol. The van der Waals surface area contributed by atoms with Crippen LogP contribution in [0.2, 0.25) is 0 Å². The smallest absolute Gasteiger partial charge is 0.412 e. The summed E-state index contributed by atoms with van der Waals surface area (Å²) in [5.74, 6) is -1.19. The molecule has 0 spiro atoms. The summed E-state index contributed by atoms with van der Waals surface area (Å²) >= 11 is 0. The van der Waals surface area contributed by atoms with Crippen LogP contribution in [0.3, 0.4) is 0 Å². The lowest BCUT2D eigenvalue weighted by Crippen LogP contribution is -2.32. The Morgan fingerprint density at radius 1 is 1.03 bits per heavy atom. The first-order chi connectivity index (χ1) is 16.5. The lowest BCUT2D eigenvalue weighted by molar-refractivity contribution is -0.139. The standard InChI is InChI=1S/C25H22N4O5/c30-23(29-10-17-18(11-29)22(17)24(31)32)20-9-21(28-27-20)26-25(33)34-12-19-15-7-3-1-5-13(15)14-6-2-4-8-16(14)19/h1-9,17-19,22H,10-12H2,(H,31,32)(H2,26,27,28,33). The van der Waals surface area contributed by atoms with Crippen LogP contribution in [-0.4, -0.2) is 57.9 Å². The van der Waals surface area contributed by atoms with Crippen molar-refractivity contribution < 1.29 is 24.2 Å². The number of aliphatic carboxylic acids is 1. The molecular formula is C25H22N4O5. The molecule has 9 nitrogen and oxygen atoms in total. The third-order valence-electron chi connectivity index (χ3n) is 7.15. The van der Waals surface area contributed by atoms with Crippen molar-refractivity contribution in [2.24, 2.45) is 17.8 Å². The maximum Gasteiger partial charge on any atom is 0.412 e. The maximum absolute atomic E-state index is 12.7. The molecule has 2 atom stereocenters. The van der Waals surface area contributed by atoms with Crippen molar-refractivity contribution in [3.05, 3.63) is 71.4 Å². The number of nitrogens with zero attached hydrogens (tertiary/aromatic N) is 2. The molecule has 172 valence electrons. The lowest BCUT2D eigenvalue weighted by atomic mass is 9.98. The van der Waals surface area contributed by atoms with Gasteiger partial charge in [0.05, 0.1) is 5.92 Å². The highest BCUT2D eigenvalue weighted by Gasteiger charge is 2.60. The lowest BCUT2D eigenvalue weighted by Gasteiger charge is -2.17. The number of carboxylic acids is 1. The van der Waals surface area contributed by atoms with Crippen molar-refractivity contribution in [1.29, 1.82) is 0 Å². The fourth-order valence-corrected chi connectivity index (χ4v) is 5.46. The van der Waals surface area contributed by atoms with E-state index < -0.39 is 12.1 Å². The molecule has 3 aliphatic rings. The highest BCUT2D eigenvalue weighted by Crippen LogP contribution is 2.52. The number of carbonyl (C=O) groups excluding carboxylic acids is 2. The SMILES string of the molecule is O=C(Nc1cc(C(=O)N2CC3C(C2)C3C(=O)O)[nH]n1)OCC1c2ccccc2-c2ccccc21. The zero-order valence-electron chi connectivity index (χ0n) is 18.1. The number of ether oxygens (including phenoxy) is 1. The second-order valence-corrected chi connectivity index (χ2v) is 9.02. The Morgan fingerprint density at radius 2 is 1.65 bits per heavy atom. The van der Waals surface area contributed by atoms with Gasteiger partial charge < -0.3 is 14.7 Å². The van der Waals surface area contributed by atoms with Crippen LogP contribution in [0.4, 0.5) is 10.6 Å². The van der Waals surface area contributed by atoms with Crippen molar-refractivity contribution in [3.63, 3.8) is 0 Å². The summed E-state index contributed by atoms with van der Waals surface area (Å²) < 4.78 is 5.51. The molecule has 0 radical (unpaired) electrons. The van der Waals surface area contributed by atoms with Gasteiger partial charge in [0.2, 0.25) is 0 Å². The zero-order chi connectivity index (χ0) is 23.4. The molecule has 2 aromatic carbocycles. The molecule has 1 aromatic heterocycles. The molecule has 2 aliphatic carbocycles. The van der Waals surface area contributed by atoms with E-state index in [1.165, 1.54) is 6.07 Å². The summed E-state index contributed by atoms with van der Waals surface area (Å²) in [6.07, 6.45) is -0.654. The molecule has 3 aromatic rings. The Bertz CT molecular complexity index is 1260. The molecule has 2 unspecified atom stereocenters. The molecule has 34 heavy (non-hydrogen) atoms. The molecule has 1 saturated heterocycles. The summed E-state index contributed by atoms with van der Waals surface area (Å²) in [6.45, 7) is 1.03. The number of fused-ring (bicyclic) bond motifs is 4. The first-order valence-corrected chi connectivity index (χ1v) is 11.2. The third-order valence-corrected chi connectivity index (χ3v) is 7.15. The van der Waals surface area contributed by atoms with Crippen molar-refractivity contribution in [2.45, 2.75) is 5.92 Å². The van der Waals surface area contributed by atoms with E-state index in [0.29, 0.717) is 13.1 Å². The van der Waals surface area contributed by atoms with E-state index in [1.807, 2.05) is 36.4 Å². The van der Waals surface area contributed by atoms with Crippen LogP contribution in [0, 0.1) is 17.8 Å². The molecule has 1 aliphatic heterocycles. The Balaban J connectivity index is 1.06. The fourth-order valence-electron chi connectivity index (χ4n) is 5.46. The van der Waals surface area contributed by atoms with Crippen LogP contribution < -0.4 is 5.32 Å². The Hall–Kier alpha value is -4.14. The topological polar surface area (TPSA) is 125 Å². The van der Waals surface area contributed by atoms with Crippen LogP contribution in [0.5, 0.6) is 0 Å². The number of hydrogen-bond donors (Lipinski definition) is 3. The number of amides is 2. The predicted molar refractivity (Wildman–Crippen MR) is 121 cm³/mol. The van der Waals surface area contributed by atoms with E-state index in [4.69, 9.17) is 9.84 Å². The van der Waals surface area contributed by atoms with Gasteiger partial charge in [0, 0.05) is 25.1 Å². The van der Waals surface area contributed by atoms with Gasteiger partial charge in [-0.3, -0.25) is 20.0 Å². The molecule has 2 heterocycles. The van der Waals surface area contributed by atoms with Gasteiger partial charge in [-0.15, -0.1) is 0 Å². The maximum atomic E-state index is 12.7. The van der Waals surface area contributed by atoms with E-state index in [-0.39, 0.29) is 47.7 Å². The van der Waals surface area contributed by atoms with Gasteiger partial charge in [-0.1, -0.05) is 48.5 Å². The highest BCUT2D eigenvalue weighted by molar-refractivity contribution is 5.95. The quantitative estimate of drug-likeness (QED) is 0.539. The molecule has 1 saturated carbocycles. The molecule has 3 N–H and O–H groups in total. The van der Waals surface area contributed by atoms with Gasteiger partial charge in [0.25, 0.3) is 5.91 Å². The number of anilines is 1. The minimum absolute atomic E-state index is 0.0304. The Morgan fingerprint density at radius 3 is 2.26 bits per heavy atom. The largest absolute Gasteiger partial charge is 0.481 e. The molecule has 0 bridgehead atoms. The fraction of sp³-hybridized carbons (Fsp3) is 0.280. The number of carbonyl (C=O) groups is 3. The van der Waals surface area contributed by atoms with Crippen LogP contribution in [0.25, 0.3) is 11.1 Å². The molecule has 2 amide bonds. The van der Waals surface area contributed by atoms with Crippen molar-refractivity contribution in [3.8, 4) is 11.1 Å². The van der Waals surface area contributed by atoms with Crippen molar-refractivity contribution >= 4 is 23.8 Å². The van der Waals surface area contributed by atoms with Gasteiger partial charge in [0.15, 0.2) is 5.82 Å². The normalized spacial score (nSPS) is 22.0. The summed E-state index contributed by atoms with van der Waals surface area (Å²) in [5, 5.41) is 18.3. The summed E-state index contributed by atoms with van der Waals surface area (Å²) in [5.41, 5.74) is 4.78. The zero-order valence-corrected chi connectivity index (χ0v) is 18.1. The number of aromatic amines is 1. The van der Waals surface area contributed by atoms with E-state index >= 15 is 0 Å². The van der Waals surface area contributed by atoms with E-state index in [2.05, 4.69) is 27.6 Å². The van der Waals surface area contributed by atoms with Gasteiger partial charge in [0.1, 0.15) is 12.3 Å². The van der Waals surface area contributed by atoms with Gasteiger partial charge in [-0.2, -0.15) is 5.10 Å². The Kier molecular flexibility index (Phi) is 4.65. The summed E-state index contributed by atoms with van der Waals surface area (Å²) in [7, 11) is 0. The first-order valence-electron chi connectivity index (χ1n) is 11.2. The highest BCUT2D eigenvalue weighted by atomic mass is 16.5. The minimum Gasteiger partial charge on any atom is -0.481 e. The molecule has 6 rings (SSSR count). The predicted octanol–water partition coefficient (Wildman–Crippen LogP) is 3.17. The Labute approximate surface area is 194 Å². The second kappa shape index (κ2) is 7.72. The number of nitrogens with one attached hydrogen (secondary N) is 2.